The number of para-hydroxylation sites is 1. The number of hydrogen-bond acceptors (Lipinski definition) is 6. The molecule has 0 amide bonds. The van der Waals surface area contributed by atoms with Crippen LogP contribution in [0.2, 0.25) is 0 Å². The molecule has 1 saturated heterocycles. The Balaban J connectivity index is 1.42. The SMILES string of the molecule is O=C(OCc1cccc(S(=O)(=O)N2CCOCC2)c1)c1cnn(-c2ccccc2)c1. The average molecular weight is 427 g/mol. The van der Waals surface area contributed by atoms with E-state index in [0.29, 0.717) is 37.4 Å². The van der Waals surface area contributed by atoms with Crippen LogP contribution in [0.4, 0.5) is 0 Å². The van der Waals surface area contributed by atoms with E-state index in [1.807, 2.05) is 30.3 Å². The van der Waals surface area contributed by atoms with Crippen molar-refractivity contribution in [2.45, 2.75) is 11.5 Å². The predicted octanol–water partition coefficient (Wildman–Crippen LogP) is 2.25. The van der Waals surface area contributed by atoms with Crippen LogP contribution in [0.25, 0.3) is 5.69 Å². The number of rotatable bonds is 6. The molecule has 1 aliphatic heterocycles. The van der Waals surface area contributed by atoms with Crippen LogP contribution < -0.4 is 0 Å². The largest absolute Gasteiger partial charge is 0.457 e. The van der Waals surface area contributed by atoms with Gasteiger partial charge in [-0.2, -0.15) is 9.40 Å². The molecule has 0 N–H and O–H groups in total. The van der Waals surface area contributed by atoms with Crippen LogP contribution in [-0.2, 0) is 26.1 Å². The average Bonchev–Trinajstić information content (AvgIpc) is 3.29. The Kier molecular flexibility index (Phi) is 5.93. The third-order valence-electron chi connectivity index (χ3n) is 4.72. The van der Waals surface area contributed by atoms with Crippen molar-refractivity contribution >= 4 is 16.0 Å². The van der Waals surface area contributed by atoms with E-state index in [1.165, 1.54) is 16.6 Å². The molecule has 0 saturated carbocycles. The molecule has 2 heterocycles. The summed E-state index contributed by atoms with van der Waals surface area (Å²) in [6.45, 7) is 1.38. The van der Waals surface area contributed by atoms with Gasteiger partial charge < -0.3 is 9.47 Å². The quantitative estimate of drug-likeness (QED) is 0.561. The fourth-order valence-electron chi connectivity index (χ4n) is 3.11. The number of benzene rings is 2. The van der Waals surface area contributed by atoms with Gasteiger partial charge in [0.05, 0.1) is 35.6 Å². The molecule has 0 bridgehead atoms. The van der Waals surface area contributed by atoms with E-state index >= 15 is 0 Å². The maximum absolute atomic E-state index is 12.8. The van der Waals surface area contributed by atoms with Gasteiger partial charge in [-0.3, -0.25) is 0 Å². The van der Waals surface area contributed by atoms with Gasteiger partial charge in [0, 0.05) is 19.3 Å². The fourth-order valence-corrected chi connectivity index (χ4v) is 4.59. The lowest BCUT2D eigenvalue weighted by atomic mass is 10.2. The van der Waals surface area contributed by atoms with Crippen molar-refractivity contribution in [2.75, 3.05) is 26.3 Å². The predicted molar refractivity (Wildman–Crippen MR) is 109 cm³/mol. The van der Waals surface area contributed by atoms with Crippen molar-refractivity contribution in [1.82, 2.24) is 14.1 Å². The van der Waals surface area contributed by atoms with Gasteiger partial charge in [-0.25, -0.2) is 17.9 Å². The van der Waals surface area contributed by atoms with E-state index in [4.69, 9.17) is 9.47 Å². The smallest absolute Gasteiger partial charge is 0.341 e. The molecule has 1 aliphatic rings. The van der Waals surface area contributed by atoms with Crippen molar-refractivity contribution in [3.63, 3.8) is 0 Å². The summed E-state index contributed by atoms with van der Waals surface area (Å²) < 4.78 is 39.1. The molecule has 3 aromatic rings. The molecule has 30 heavy (non-hydrogen) atoms. The Hall–Kier alpha value is -3.01. The topological polar surface area (TPSA) is 90.7 Å². The molecule has 0 radical (unpaired) electrons. The molecule has 9 heteroatoms. The van der Waals surface area contributed by atoms with Crippen LogP contribution in [0.5, 0.6) is 0 Å². The lowest BCUT2D eigenvalue weighted by molar-refractivity contribution is 0.0472. The number of aromatic nitrogens is 2. The van der Waals surface area contributed by atoms with Gasteiger partial charge in [0.25, 0.3) is 0 Å². The molecule has 1 fully saturated rings. The molecule has 0 aliphatic carbocycles. The van der Waals surface area contributed by atoms with Crippen LogP contribution in [0, 0.1) is 0 Å². The van der Waals surface area contributed by atoms with Gasteiger partial charge in [0.2, 0.25) is 10.0 Å². The molecular formula is C21H21N3O5S. The minimum Gasteiger partial charge on any atom is -0.457 e. The zero-order valence-corrected chi connectivity index (χ0v) is 17.0. The molecule has 4 rings (SSSR count). The molecule has 0 atom stereocenters. The summed E-state index contributed by atoms with van der Waals surface area (Å²) in [7, 11) is -3.60. The zero-order valence-electron chi connectivity index (χ0n) is 16.2. The Bertz CT molecular complexity index is 1120. The van der Waals surface area contributed by atoms with Gasteiger partial charge in [-0.15, -0.1) is 0 Å². The van der Waals surface area contributed by atoms with E-state index in [2.05, 4.69) is 5.10 Å². The number of sulfonamides is 1. The number of esters is 1. The van der Waals surface area contributed by atoms with Gasteiger partial charge in [0.15, 0.2) is 0 Å². The summed E-state index contributed by atoms with van der Waals surface area (Å²) in [4.78, 5) is 12.6. The molecule has 0 unspecified atom stereocenters. The second-order valence-corrected chi connectivity index (χ2v) is 8.69. The summed E-state index contributed by atoms with van der Waals surface area (Å²) in [5.41, 5.74) is 1.74. The van der Waals surface area contributed by atoms with Crippen molar-refractivity contribution in [1.29, 1.82) is 0 Å². The monoisotopic (exact) mass is 427 g/mol. The highest BCUT2D eigenvalue weighted by molar-refractivity contribution is 7.89. The first kappa shape index (κ1) is 20.3. The Morgan fingerprint density at radius 1 is 1.07 bits per heavy atom. The molecule has 156 valence electrons. The molecule has 8 nitrogen and oxygen atoms in total. The number of ether oxygens (including phenoxy) is 2. The van der Waals surface area contributed by atoms with Gasteiger partial charge in [-0.05, 0) is 29.8 Å². The minimum atomic E-state index is -3.60. The number of nitrogens with zero attached hydrogens (tertiary/aromatic N) is 3. The van der Waals surface area contributed by atoms with Crippen LogP contribution >= 0.6 is 0 Å². The summed E-state index contributed by atoms with van der Waals surface area (Å²) in [6.07, 6.45) is 3.03. The van der Waals surface area contributed by atoms with Crippen molar-refractivity contribution in [3.8, 4) is 5.69 Å². The number of hydrogen-bond donors (Lipinski definition) is 0. The summed E-state index contributed by atoms with van der Waals surface area (Å²) >= 11 is 0. The van der Waals surface area contributed by atoms with Gasteiger partial charge >= 0.3 is 5.97 Å². The second-order valence-electron chi connectivity index (χ2n) is 6.75. The number of morpholine rings is 1. The summed E-state index contributed by atoms with van der Waals surface area (Å²) in [5, 5.41) is 4.18. The third-order valence-corrected chi connectivity index (χ3v) is 6.61. The normalized spacial score (nSPS) is 15.1. The van der Waals surface area contributed by atoms with Crippen LogP contribution in [-0.4, -0.2) is 54.8 Å². The number of carbonyl (C=O) groups excluding carboxylic acids is 1. The second kappa shape index (κ2) is 8.78. The minimum absolute atomic E-state index is 0.0399. The fraction of sp³-hybridized carbons (Fsp3) is 0.238. The lowest BCUT2D eigenvalue weighted by Gasteiger charge is -2.26. The zero-order chi connectivity index (χ0) is 21.0. The Morgan fingerprint density at radius 3 is 2.60 bits per heavy atom. The lowest BCUT2D eigenvalue weighted by Crippen LogP contribution is -2.40. The van der Waals surface area contributed by atoms with Crippen molar-refractivity contribution < 1.29 is 22.7 Å². The molecule has 0 spiro atoms. The van der Waals surface area contributed by atoms with E-state index in [1.54, 1.807) is 29.1 Å². The van der Waals surface area contributed by atoms with Crippen molar-refractivity contribution in [3.05, 3.63) is 78.1 Å². The maximum atomic E-state index is 12.8. The number of carbonyl (C=O) groups is 1. The van der Waals surface area contributed by atoms with Crippen molar-refractivity contribution in [2.24, 2.45) is 0 Å². The summed E-state index contributed by atoms with van der Waals surface area (Å²) in [6, 6.07) is 15.9. The van der Waals surface area contributed by atoms with Crippen LogP contribution in [0.15, 0.2) is 71.9 Å². The highest BCUT2D eigenvalue weighted by Crippen LogP contribution is 2.19. The maximum Gasteiger partial charge on any atom is 0.341 e. The molecular weight excluding hydrogens is 406 g/mol. The first-order valence-electron chi connectivity index (χ1n) is 9.48. The Labute approximate surface area is 174 Å². The van der Waals surface area contributed by atoms with Gasteiger partial charge in [-0.1, -0.05) is 30.3 Å². The standard InChI is InChI=1S/C21H21N3O5S/c25-21(18-14-22-24(15-18)19-6-2-1-3-7-19)29-16-17-5-4-8-20(13-17)30(26,27)23-9-11-28-12-10-23/h1-8,13-15H,9-12,16H2. The first-order valence-corrected chi connectivity index (χ1v) is 10.9. The van der Waals surface area contributed by atoms with E-state index in [9.17, 15) is 13.2 Å². The first-order chi connectivity index (χ1) is 14.5. The summed E-state index contributed by atoms with van der Waals surface area (Å²) in [5.74, 6) is -0.529. The highest BCUT2D eigenvalue weighted by Gasteiger charge is 2.26. The van der Waals surface area contributed by atoms with E-state index in [-0.39, 0.29) is 11.5 Å². The van der Waals surface area contributed by atoms with E-state index < -0.39 is 16.0 Å². The Morgan fingerprint density at radius 2 is 1.83 bits per heavy atom. The van der Waals surface area contributed by atoms with E-state index in [0.717, 1.165) is 5.69 Å². The van der Waals surface area contributed by atoms with Gasteiger partial charge in [0.1, 0.15) is 6.61 Å². The van der Waals surface area contributed by atoms with Crippen LogP contribution in [0.3, 0.4) is 0 Å². The molecule has 1 aromatic heterocycles. The highest BCUT2D eigenvalue weighted by atomic mass is 32.2. The molecule has 2 aromatic carbocycles. The third kappa shape index (κ3) is 4.43. The van der Waals surface area contributed by atoms with Crippen LogP contribution in [0.1, 0.15) is 15.9 Å².